The number of aromatic nitrogens is 2. The molecule has 0 spiro atoms. The molecular formula is C38H47N5O4. The zero-order chi connectivity index (χ0) is 33.3. The van der Waals surface area contributed by atoms with Crippen LogP contribution in [0.5, 0.6) is 0 Å². The van der Waals surface area contributed by atoms with E-state index in [1.165, 1.54) is 10.6 Å². The minimum absolute atomic E-state index is 0.181. The fourth-order valence-electron chi connectivity index (χ4n) is 7.12. The van der Waals surface area contributed by atoms with Gasteiger partial charge in [-0.2, -0.15) is 0 Å². The third-order valence-corrected chi connectivity index (χ3v) is 9.41. The Morgan fingerprint density at radius 3 is 2.70 bits per heavy atom. The molecule has 6 bridgehead atoms. The monoisotopic (exact) mass is 637 g/mol. The Hall–Kier alpha value is -4.05. The number of cyclic esters (lactones) is 1. The fraction of sp³-hybridized carbons (Fsp3) is 0.447. The van der Waals surface area contributed by atoms with Gasteiger partial charge in [0.25, 0.3) is 5.91 Å². The number of amides is 1. The SMILES string of the molecule is CCO[C@@H](C)c1ncccc1-c1c2c3cc(ccc3n1CC)-c1cccc(c1)C[C@H](N)C(=O)N1CCC[C@H](N1)C(=O)OCC(C)(C)C2. The molecule has 3 N–H and O–H groups in total. The van der Waals surface area contributed by atoms with Crippen molar-refractivity contribution in [2.24, 2.45) is 11.1 Å². The highest BCUT2D eigenvalue weighted by Crippen LogP contribution is 2.42. The summed E-state index contributed by atoms with van der Waals surface area (Å²) in [6.45, 7) is 12.6. The van der Waals surface area contributed by atoms with Crippen LogP contribution in [-0.4, -0.2) is 58.3 Å². The van der Waals surface area contributed by atoms with E-state index in [0.29, 0.717) is 38.8 Å². The third-order valence-electron chi connectivity index (χ3n) is 9.41. The molecule has 2 aromatic heterocycles. The van der Waals surface area contributed by atoms with Crippen molar-refractivity contribution < 1.29 is 19.1 Å². The molecule has 0 saturated carbocycles. The molecule has 1 amide bonds. The molecule has 2 aromatic carbocycles. The molecule has 4 heterocycles. The molecule has 9 heteroatoms. The summed E-state index contributed by atoms with van der Waals surface area (Å²) >= 11 is 0. The number of fused-ring (bicyclic) bond motifs is 6. The van der Waals surface area contributed by atoms with E-state index >= 15 is 0 Å². The molecule has 9 nitrogen and oxygen atoms in total. The molecule has 1 saturated heterocycles. The largest absolute Gasteiger partial charge is 0.464 e. The number of nitrogens with one attached hydrogen (secondary N) is 1. The topological polar surface area (TPSA) is 112 Å². The molecule has 4 aromatic rings. The van der Waals surface area contributed by atoms with E-state index in [0.717, 1.165) is 51.1 Å². The zero-order valence-corrected chi connectivity index (χ0v) is 28.2. The number of hydrogen-bond acceptors (Lipinski definition) is 7. The first kappa shape index (κ1) is 32.9. The number of esters is 1. The predicted octanol–water partition coefficient (Wildman–Crippen LogP) is 5.98. The van der Waals surface area contributed by atoms with Crippen molar-refractivity contribution >= 4 is 22.8 Å². The summed E-state index contributed by atoms with van der Waals surface area (Å²) in [6.07, 6.45) is 3.99. The Bertz CT molecular complexity index is 1780. The van der Waals surface area contributed by atoms with Gasteiger partial charge in [-0.15, -0.1) is 0 Å². The number of rotatable bonds is 5. The van der Waals surface area contributed by atoms with Gasteiger partial charge < -0.3 is 19.8 Å². The van der Waals surface area contributed by atoms with Crippen LogP contribution in [0.3, 0.4) is 0 Å². The summed E-state index contributed by atoms with van der Waals surface area (Å²) in [5.41, 5.74) is 17.7. The van der Waals surface area contributed by atoms with Crippen LogP contribution >= 0.6 is 0 Å². The highest BCUT2D eigenvalue weighted by atomic mass is 16.5. The Morgan fingerprint density at radius 2 is 1.91 bits per heavy atom. The lowest BCUT2D eigenvalue weighted by Crippen LogP contribution is -2.59. The van der Waals surface area contributed by atoms with Crippen LogP contribution in [0.25, 0.3) is 33.3 Å². The van der Waals surface area contributed by atoms with E-state index in [2.05, 4.69) is 74.1 Å². The maximum atomic E-state index is 13.4. The van der Waals surface area contributed by atoms with Crippen molar-refractivity contribution in [1.82, 2.24) is 20.0 Å². The van der Waals surface area contributed by atoms with Gasteiger partial charge in [0.05, 0.1) is 30.1 Å². The minimum Gasteiger partial charge on any atom is -0.464 e. The van der Waals surface area contributed by atoms with Crippen LogP contribution in [0.15, 0.2) is 60.8 Å². The predicted molar refractivity (Wildman–Crippen MR) is 184 cm³/mol. The molecule has 6 rings (SSSR count). The highest BCUT2D eigenvalue weighted by molar-refractivity contribution is 5.95. The molecule has 1 fully saturated rings. The average Bonchev–Trinajstić information content (AvgIpc) is 3.38. The number of ether oxygens (including phenoxy) is 2. The highest BCUT2D eigenvalue weighted by Gasteiger charge is 2.34. The van der Waals surface area contributed by atoms with E-state index in [4.69, 9.17) is 20.2 Å². The van der Waals surface area contributed by atoms with Gasteiger partial charge in [0.15, 0.2) is 0 Å². The second-order valence-electron chi connectivity index (χ2n) is 13.6. The Morgan fingerprint density at radius 1 is 1.11 bits per heavy atom. The third kappa shape index (κ3) is 6.70. The van der Waals surface area contributed by atoms with Gasteiger partial charge in [-0.25, -0.2) is 5.43 Å². The van der Waals surface area contributed by atoms with Gasteiger partial charge in [-0.1, -0.05) is 44.2 Å². The Kier molecular flexibility index (Phi) is 9.50. The molecule has 3 atom stereocenters. The maximum Gasteiger partial charge on any atom is 0.324 e. The number of benzene rings is 2. The van der Waals surface area contributed by atoms with E-state index in [9.17, 15) is 9.59 Å². The first-order valence-corrected chi connectivity index (χ1v) is 16.9. The summed E-state index contributed by atoms with van der Waals surface area (Å²) in [5.74, 6) is -0.571. The number of carbonyl (C=O) groups is 2. The number of aryl methyl sites for hydroxylation is 1. The minimum atomic E-state index is -0.742. The lowest BCUT2D eigenvalue weighted by atomic mass is 9.84. The van der Waals surface area contributed by atoms with E-state index in [-0.39, 0.29) is 24.6 Å². The molecule has 0 unspecified atom stereocenters. The van der Waals surface area contributed by atoms with Crippen LogP contribution < -0.4 is 11.2 Å². The second kappa shape index (κ2) is 13.6. The van der Waals surface area contributed by atoms with E-state index in [1.807, 2.05) is 31.3 Å². The molecule has 0 radical (unpaired) electrons. The van der Waals surface area contributed by atoms with Gasteiger partial charge in [-0.05, 0) is 93.0 Å². The van der Waals surface area contributed by atoms with Crippen molar-refractivity contribution in [3.8, 4) is 22.4 Å². The maximum absolute atomic E-state index is 13.4. The first-order chi connectivity index (χ1) is 22.6. The average molecular weight is 638 g/mol. The first-order valence-electron chi connectivity index (χ1n) is 16.9. The molecule has 2 aliphatic rings. The zero-order valence-electron chi connectivity index (χ0n) is 28.2. The standard InChI is InChI=1S/C38H47N5O4/c1-6-42-33-16-15-27-21-29(33)30(35(42)28-13-9-17-40-34(28)24(3)46-7-2)22-38(4,5)23-47-37(45)32-14-10-18-43(41-32)36(44)31(39)20-25-11-8-12-26(27)19-25/h8-9,11-13,15-17,19,21,24,31-32,41H,6-7,10,14,18,20,22-23,39H2,1-5H3/t24-,31-,32-/m0/s1. The second-order valence-corrected chi connectivity index (χ2v) is 13.6. The normalized spacial score (nSPS) is 20.9. The Balaban J connectivity index is 1.54. The molecule has 248 valence electrons. The van der Waals surface area contributed by atoms with Gasteiger partial charge in [0.2, 0.25) is 0 Å². The van der Waals surface area contributed by atoms with Crippen LogP contribution in [0.4, 0.5) is 0 Å². The quantitative estimate of drug-likeness (QED) is 0.259. The summed E-state index contributed by atoms with van der Waals surface area (Å²) in [7, 11) is 0. The van der Waals surface area contributed by atoms with Gasteiger partial charge in [0, 0.05) is 47.8 Å². The van der Waals surface area contributed by atoms with Crippen LogP contribution in [-0.2, 0) is 38.4 Å². The smallest absolute Gasteiger partial charge is 0.324 e. The van der Waals surface area contributed by atoms with E-state index in [1.54, 1.807) is 0 Å². The van der Waals surface area contributed by atoms with E-state index < -0.39 is 17.5 Å². The summed E-state index contributed by atoms with van der Waals surface area (Å²) in [6, 6.07) is 17.7. The van der Waals surface area contributed by atoms with Crippen LogP contribution in [0.1, 0.15) is 70.4 Å². The number of hydrogen-bond donors (Lipinski definition) is 2. The number of carbonyl (C=O) groups excluding carboxylic acids is 2. The van der Waals surface area contributed by atoms with Crippen molar-refractivity contribution in [2.75, 3.05) is 19.8 Å². The number of pyridine rings is 1. The number of nitrogens with zero attached hydrogens (tertiary/aromatic N) is 3. The van der Waals surface area contributed by atoms with Gasteiger partial charge >= 0.3 is 5.97 Å². The summed E-state index contributed by atoms with van der Waals surface area (Å²) in [5, 5.41) is 2.66. The Labute approximate surface area is 277 Å². The number of hydrazine groups is 1. The van der Waals surface area contributed by atoms with Gasteiger partial charge in [0.1, 0.15) is 6.04 Å². The van der Waals surface area contributed by atoms with Crippen molar-refractivity contribution in [2.45, 2.75) is 85.0 Å². The summed E-state index contributed by atoms with van der Waals surface area (Å²) < 4.78 is 14.4. The number of nitrogens with two attached hydrogens (primary N) is 1. The molecular weight excluding hydrogens is 590 g/mol. The van der Waals surface area contributed by atoms with Crippen LogP contribution in [0.2, 0.25) is 0 Å². The summed E-state index contributed by atoms with van der Waals surface area (Å²) in [4.78, 5) is 31.6. The van der Waals surface area contributed by atoms with Crippen LogP contribution in [0, 0.1) is 5.41 Å². The molecule has 47 heavy (non-hydrogen) atoms. The lowest BCUT2D eigenvalue weighted by Gasteiger charge is -2.35. The van der Waals surface area contributed by atoms with Crippen molar-refractivity contribution in [1.29, 1.82) is 0 Å². The molecule has 2 aliphatic heterocycles. The van der Waals surface area contributed by atoms with Crippen molar-refractivity contribution in [3.05, 3.63) is 77.6 Å². The van der Waals surface area contributed by atoms with Crippen molar-refractivity contribution in [3.63, 3.8) is 0 Å². The van der Waals surface area contributed by atoms with Gasteiger partial charge in [-0.3, -0.25) is 19.6 Å². The fourth-order valence-corrected chi connectivity index (χ4v) is 7.12. The lowest BCUT2D eigenvalue weighted by molar-refractivity contribution is -0.154. The molecule has 0 aliphatic carbocycles.